The van der Waals surface area contributed by atoms with E-state index in [4.69, 9.17) is 21.1 Å². The van der Waals surface area contributed by atoms with Crippen LogP contribution in [0.15, 0.2) is 47.6 Å². The molecule has 1 fully saturated rings. The van der Waals surface area contributed by atoms with Crippen molar-refractivity contribution in [3.8, 4) is 5.75 Å². The molecule has 0 saturated carbocycles. The molecule has 1 aromatic heterocycles. The number of nitrogens with zero attached hydrogens (tertiary/aromatic N) is 3. The van der Waals surface area contributed by atoms with Gasteiger partial charge in [-0.1, -0.05) is 29.8 Å². The number of halogens is 2. The monoisotopic (exact) mass is 559 g/mol. The molecule has 1 saturated heterocycles. The van der Waals surface area contributed by atoms with Crippen molar-refractivity contribution in [3.05, 3.63) is 58.9 Å². The molecule has 1 atom stereocenters. The van der Waals surface area contributed by atoms with E-state index >= 15 is 0 Å². The van der Waals surface area contributed by atoms with Crippen LogP contribution in [0.4, 0.5) is 0 Å². The summed E-state index contributed by atoms with van der Waals surface area (Å²) >= 11 is 5.85. The zero-order chi connectivity index (χ0) is 21.2. The number of benzene rings is 1. The number of morpholine rings is 1. The van der Waals surface area contributed by atoms with Crippen molar-refractivity contribution in [1.29, 1.82) is 0 Å². The molecule has 1 aliphatic rings. The number of aliphatic imine (C=N–C) groups is 1. The average Bonchev–Trinajstić information content (AvgIpc) is 2.80. The lowest BCUT2D eigenvalue weighted by molar-refractivity contribution is 0.0170. The van der Waals surface area contributed by atoms with Crippen LogP contribution in [0.25, 0.3) is 0 Å². The standard InChI is InChI=1S/C22H30ClN5O2.HI/c1-24-22(25-10-9-17-3-8-21(23)26-15-17)27-16-20(28-11-13-30-14-12-28)18-4-6-19(29-2)7-5-18;/h3-8,15,20H,9-14,16H2,1-2H3,(H2,24,25,27);1H. The van der Waals surface area contributed by atoms with Crippen molar-refractivity contribution in [1.82, 2.24) is 20.5 Å². The third-order valence-electron chi connectivity index (χ3n) is 5.17. The SMILES string of the molecule is CN=C(NCCc1ccc(Cl)nc1)NCC(c1ccc(OC)cc1)N1CCOCC1.I. The van der Waals surface area contributed by atoms with Crippen LogP contribution in [0, 0.1) is 0 Å². The van der Waals surface area contributed by atoms with E-state index in [0.717, 1.165) is 63.1 Å². The highest BCUT2D eigenvalue weighted by molar-refractivity contribution is 14.0. The van der Waals surface area contributed by atoms with Gasteiger partial charge in [-0.3, -0.25) is 9.89 Å². The number of hydrogen-bond donors (Lipinski definition) is 2. The normalized spacial score (nSPS) is 15.6. The van der Waals surface area contributed by atoms with E-state index in [9.17, 15) is 0 Å². The highest BCUT2D eigenvalue weighted by Crippen LogP contribution is 2.23. The van der Waals surface area contributed by atoms with Crippen LogP contribution < -0.4 is 15.4 Å². The second kappa shape index (κ2) is 13.7. The minimum absolute atomic E-state index is 0. The largest absolute Gasteiger partial charge is 0.497 e. The van der Waals surface area contributed by atoms with Gasteiger partial charge in [-0.2, -0.15) is 0 Å². The summed E-state index contributed by atoms with van der Waals surface area (Å²) in [4.78, 5) is 10.9. The number of methoxy groups -OCH3 is 1. The molecule has 1 aromatic carbocycles. The Morgan fingerprint density at radius 2 is 1.94 bits per heavy atom. The molecule has 2 heterocycles. The minimum atomic E-state index is 0. The lowest BCUT2D eigenvalue weighted by Gasteiger charge is -2.35. The summed E-state index contributed by atoms with van der Waals surface area (Å²) in [6.07, 6.45) is 2.65. The van der Waals surface area contributed by atoms with Gasteiger partial charge < -0.3 is 20.1 Å². The summed E-state index contributed by atoms with van der Waals surface area (Å²) in [5, 5.41) is 7.36. The lowest BCUT2D eigenvalue weighted by atomic mass is 10.0. The molecule has 7 nitrogen and oxygen atoms in total. The third-order valence-corrected chi connectivity index (χ3v) is 5.39. The lowest BCUT2D eigenvalue weighted by Crippen LogP contribution is -2.46. The Hall–Kier alpha value is -1.62. The Labute approximate surface area is 206 Å². The molecule has 0 spiro atoms. The van der Waals surface area contributed by atoms with E-state index in [1.165, 1.54) is 5.56 Å². The molecule has 170 valence electrons. The number of nitrogens with one attached hydrogen (secondary N) is 2. The first-order valence-corrected chi connectivity index (χ1v) is 10.6. The molecule has 0 bridgehead atoms. The molecule has 0 aliphatic carbocycles. The average molecular weight is 560 g/mol. The second-order valence-corrected chi connectivity index (χ2v) is 7.44. The topological polar surface area (TPSA) is 71.0 Å². The molecule has 9 heteroatoms. The minimum Gasteiger partial charge on any atom is -0.497 e. The summed E-state index contributed by atoms with van der Waals surface area (Å²) < 4.78 is 10.8. The van der Waals surface area contributed by atoms with Gasteiger partial charge in [-0.05, 0) is 35.7 Å². The Balaban J connectivity index is 0.00000341. The molecule has 3 rings (SSSR count). The van der Waals surface area contributed by atoms with Gasteiger partial charge in [0.05, 0.1) is 26.4 Å². The zero-order valence-corrected chi connectivity index (χ0v) is 21.1. The fraction of sp³-hybridized carbons (Fsp3) is 0.455. The first-order chi connectivity index (χ1) is 14.7. The predicted molar refractivity (Wildman–Crippen MR) is 136 cm³/mol. The van der Waals surface area contributed by atoms with Crippen molar-refractivity contribution in [2.45, 2.75) is 12.5 Å². The van der Waals surface area contributed by atoms with Crippen LogP contribution in [0.1, 0.15) is 17.2 Å². The van der Waals surface area contributed by atoms with E-state index in [1.807, 2.05) is 24.3 Å². The molecule has 31 heavy (non-hydrogen) atoms. The highest BCUT2D eigenvalue weighted by Gasteiger charge is 2.23. The number of rotatable bonds is 8. The summed E-state index contributed by atoms with van der Waals surface area (Å²) in [5.41, 5.74) is 2.37. The number of guanidine groups is 1. The van der Waals surface area contributed by atoms with E-state index in [0.29, 0.717) is 5.15 Å². The fourth-order valence-electron chi connectivity index (χ4n) is 3.47. The summed E-state index contributed by atoms with van der Waals surface area (Å²) in [6.45, 7) is 4.84. The maximum atomic E-state index is 5.85. The van der Waals surface area contributed by atoms with E-state index < -0.39 is 0 Å². The van der Waals surface area contributed by atoms with Gasteiger partial charge in [-0.15, -0.1) is 24.0 Å². The number of aromatic nitrogens is 1. The Kier molecular flexibility index (Phi) is 11.3. The van der Waals surface area contributed by atoms with Gasteiger partial charge >= 0.3 is 0 Å². The first-order valence-electron chi connectivity index (χ1n) is 10.2. The van der Waals surface area contributed by atoms with E-state index in [-0.39, 0.29) is 30.0 Å². The van der Waals surface area contributed by atoms with Crippen LogP contribution in [0.2, 0.25) is 5.15 Å². The number of hydrogen-bond acceptors (Lipinski definition) is 5. The smallest absolute Gasteiger partial charge is 0.191 e. The first kappa shape index (κ1) is 25.6. The van der Waals surface area contributed by atoms with Crippen LogP contribution in [0.3, 0.4) is 0 Å². The molecule has 2 aromatic rings. The van der Waals surface area contributed by atoms with Crippen molar-refractivity contribution in [2.24, 2.45) is 4.99 Å². The molecular formula is C22H31ClIN5O2. The molecular weight excluding hydrogens is 529 g/mol. The second-order valence-electron chi connectivity index (χ2n) is 7.06. The highest BCUT2D eigenvalue weighted by atomic mass is 127. The fourth-order valence-corrected chi connectivity index (χ4v) is 3.58. The van der Waals surface area contributed by atoms with Crippen molar-refractivity contribution in [2.75, 3.05) is 53.6 Å². The van der Waals surface area contributed by atoms with Gasteiger partial charge in [0.2, 0.25) is 0 Å². The van der Waals surface area contributed by atoms with Crippen LogP contribution in [0.5, 0.6) is 5.75 Å². The Morgan fingerprint density at radius 1 is 1.19 bits per heavy atom. The summed E-state index contributed by atoms with van der Waals surface area (Å²) in [6, 6.07) is 12.3. The van der Waals surface area contributed by atoms with Crippen molar-refractivity contribution >= 4 is 41.5 Å². The van der Waals surface area contributed by atoms with Gasteiger partial charge in [0.15, 0.2) is 5.96 Å². The molecule has 0 radical (unpaired) electrons. The quantitative estimate of drug-likeness (QED) is 0.224. The Bertz CT molecular complexity index is 799. The van der Waals surface area contributed by atoms with Gasteiger partial charge in [0, 0.05) is 39.4 Å². The van der Waals surface area contributed by atoms with E-state index in [2.05, 4.69) is 37.6 Å². The summed E-state index contributed by atoms with van der Waals surface area (Å²) in [7, 11) is 3.47. The number of pyridine rings is 1. The molecule has 1 unspecified atom stereocenters. The van der Waals surface area contributed by atoms with Gasteiger partial charge in [0.1, 0.15) is 10.9 Å². The molecule has 1 aliphatic heterocycles. The van der Waals surface area contributed by atoms with Gasteiger partial charge in [0.25, 0.3) is 0 Å². The van der Waals surface area contributed by atoms with E-state index in [1.54, 1.807) is 20.4 Å². The molecule has 0 amide bonds. The zero-order valence-electron chi connectivity index (χ0n) is 18.0. The van der Waals surface area contributed by atoms with Crippen molar-refractivity contribution in [3.63, 3.8) is 0 Å². The predicted octanol–water partition coefficient (Wildman–Crippen LogP) is 3.14. The van der Waals surface area contributed by atoms with Crippen LogP contribution >= 0.6 is 35.6 Å². The maximum absolute atomic E-state index is 5.85. The van der Waals surface area contributed by atoms with Gasteiger partial charge in [-0.25, -0.2) is 4.98 Å². The maximum Gasteiger partial charge on any atom is 0.191 e. The van der Waals surface area contributed by atoms with Crippen molar-refractivity contribution < 1.29 is 9.47 Å². The number of ether oxygens (including phenoxy) is 2. The third kappa shape index (κ3) is 8.10. The van der Waals surface area contributed by atoms with Crippen LogP contribution in [-0.4, -0.2) is 69.4 Å². The molecule has 2 N–H and O–H groups in total. The summed E-state index contributed by atoms with van der Waals surface area (Å²) in [5.74, 6) is 1.64. The van der Waals surface area contributed by atoms with Crippen LogP contribution in [-0.2, 0) is 11.2 Å². The Morgan fingerprint density at radius 3 is 2.55 bits per heavy atom.